The number of fused-ring (bicyclic) bond motifs is 1. The molecule has 24 heavy (non-hydrogen) atoms. The van der Waals surface area contributed by atoms with E-state index in [1.807, 2.05) is 25.7 Å². The van der Waals surface area contributed by atoms with Gasteiger partial charge in [0, 0.05) is 42.2 Å². The van der Waals surface area contributed by atoms with Crippen LogP contribution in [-0.4, -0.2) is 21.4 Å². The third-order valence-corrected chi connectivity index (χ3v) is 4.27. The minimum Gasteiger partial charge on any atom is -0.310 e. The Morgan fingerprint density at radius 3 is 2.71 bits per heavy atom. The van der Waals surface area contributed by atoms with E-state index in [-0.39, 0.29) is 11.0 Å². The molecule has 0 aliphatic carbocycles. The highest BCUT2D eigenvalue weighted by atomic mass is 19.1. The number of nitrogens with one attached hydrogen (secondary N) is 1. The summed E-state index contributed by atoms with van der Waals surface area (Å²) in [5, 5.41) is 0. The molecule has 0 bridgehead atoms. The third-order valence-electron chi connectivity index (χ3n) is 4.27. The lowest BCUT2D eigenvalue weighted by molar-refractivity contribution is 0.236. The molecule has 0 spiro atoms. The van der Waals surface area contributed by atoms with Crippen LogP contribution in [0.15, 0.2) is 23.0 Å². The standard InChI is InChI=1S/C18H21F2N3O/c1-18(2,3)17-21-15-10-23(7-6-13(15)16(24)22-17)9-11-4-5-12(19)8-14(11)20/h4-5,8H,6-7,9-10H2,1-3H3,(H,21,22,24). The molecule has 1 aliphatic rings. The van der Waals surface area contributed by atoms with E-state index in [2.05, 4.69) is 9.97 Å². The summed E-state index contributed by atoms with van der Waals surface area (Å²) < 4.78 is 26.9. The van der Waals surface area contributed by atoms with Gasteiger partial charge in [-0.2, -0.15) is 0 Å². The summed E-state index contributed by atoms with van der Waals surface area (Å²) in [5.41, 5.74) is 1.56. The molecule has 0 fully saturated rings. The average Bonchev–Trinajstić information content (AvgIpc) is 2.49. The second-order valence-corrected chi connectivity index (χ2v) is 7.29. The topological polar surface area (TPSA) is 49.0 Å². The molecule has 0 radical (unpaired) electrons. The molecular formula is C18H21F2N3O. The highest BCUT2D eigenvalue weighted by Crippen LogP contribution is 2.22. The van der Waals surface area contributed by atoms with Crippen LogP contribution in [0.3, 0.4) is 0 Å². The number of aromatic nitrogens is 2. The fourth-order valence-electron chi connectivity index (χ4n) is 2.87. The minimum atomic E-state index is -0.580. The Morgan fingerprint density at radius 2 is 2.04 bits per heavy atom. The maximum absolute atomic E-state index is 13.8. The quantitative estimate of drug-likeness (QED) is 0.919. The molecule has 128 valence electrons. The molecule has 0 amide bonds. The van der Waals surface area contributed by atoms with Gasteiger partial charge < -0.3 is 4.98 Å². The summed E-state index contributed by atoms with van der Waals surface area (Å²) in [6, 6.07) is 3.62. The molecule has 6 heteroatoms. The Balaban J connectivity index is 1.86. The van der Waals surface area contributed by atoms with Crippen LogP contribution in [0.25, 0.3) is 0 Å². The van der Waals surface area contributed by atoms with Crippen LogP contribution in [0.2, 0.25) is 0 Å². The molecule has 0 unspecified atom stereocenters. The molecule has 1 aromatic carbocycles. The second-order valence-electron chi connectivity index (χ2n) is 7.29. The third kappa shape index (κ3) is 3.38. The molecule has 1 N–H and O–H groups in total. The summed E-state index contributed by atoms with van der Waals surface area (Å²) in [5.74, 6) is -0.473. The fourth-order valence-corrected chi connectivity index (χ4v) is 2.87. The zero-order chi connectivity index (χ0) is 17.5. The molecule has 0 saturated heterocycles. The van der Waals surface area contributed by atoms with Crippen LogP contribution < -0.4 is 5.56 Å². The van der Waals surface area contributed by atoms with E-state index >= 15 is 0 Å². The van der Waals surface area contributed by atoms with Gasteiger partial charge in [0.15, 0.2) is 0 Å². The van der Waals surface area contributed by atoms with E-state index in [1.54, 1.807) is 0 Å². The van der Waals surface area contributed by atoms with Crippen molar-refractivity contribution in [2.75, 3.05) is 6.54 Å². The van der Waals surface area contributed by atoms with Gasteiger partial charge >= 0.3 is 0 Å². The summed E-state index contributed by atoms with van der Waals surface area (Å²) in [7, 11) is 0. The van der Waals surface area contributed by atoms with Gasteiger partial charge in [0.05, 0.1) is 5.69 Å². The fraction of sp³-hybridized carbons (Fsp3) is 0.444. The van der Waals surface area contributed by atoms with Crippen LogP contribution in [0.5, 0.6) is 0 Å². The van der Waals surface area contributed by atoms with E-state index in [0.717, 1.165) is 11.8 Å². The van der Waals surface area contributed by atoms with Gasteiger partial charge in [-0.3, -0.25) is 9.69 Å². The Morgan fingerprint density at radius 1 is 1.29 bits per heavy atom. The number of hydrogen-bond donors (Lipinski definition) is 1. The predicted molar refractivity (Wildman–Crippen MR) is 87.7 cm³/mol. The SMILES string of the molecule is CC(C)(C)c1nc2c(c(=O)[nH]1)CCN(Cc1ccc(F)cc1F)C2. The first-order valence-corrected chi connectivity index (χ1v) is 8.03. The zero-order valence-corrected chi connectivity index (χ0v) is 14.1. The van der Waals surface area contributed by atoms with Crippen molar-refractivity contribution in [2.24, 2.45) is 0 Å². The monoisotopic (exact) mass is 333 g/mol. The Kier molecular flexibility index (Phi) is 4.25. The molecule has 1 aliphatic heterocycles. The van der Waals surface area contributed by atoms with E-state index in [4.69, 9.17) is 0 Å². The van der Waals surface area contributed by atoms with Crippen LogP contribution in [0.1, 0.15) is 43.4 Å². The summed E-state index contributed by atoms with van der Waals surface area (Å²) in [4.78, 5) is 21.8. The van der Waals surface area contributed by atoms with Crippen LogP contribution >= 0.6 is 0 Å². The first-order valence-electron chi connectivity index (χ1n) is 8.03. The molecule has 3 rings (SSSR count). The number of hydrogen-bond acceptors (Lipinski definition) is 3. The van der Waals surface area contributed by atoms with Gasteiger partial charge in [0.25, 0.3) is 5.56 Å². The van der Waals surface area contributed by atoms with Crippen molar-refractivity contribution < 1.29 is 8.78 Å². The first-order chi connectivity index (χ1) is 11.2. The second kappa shape index (κ2) is 6.09. The minimum absolute atomic E-state index is 0.0856. The van der Waals surface area contributed by atoms with Crippen molar-refractivity contribution >= 4 is 0 Å². The molecule has 2 aromatic rings. The zero-order valence-electron chi connectivity index (χ0n) is 14.1. The number of H-pyrrole nitrogens is 1. The van der Waals surface area contributed by atoms with Gasteiger partial charge in [-0.05, 0) is 12.5 Å². The number of aromatic amines is 1. The van der Waals surface area contributed by atoms with Gasteiger partial charge in [-0.1, -0.05) is 26.8 Å². The Hall–Kier alpha value is -2.08. The van der Waals surface area contributed by atoms with E-state index < -0.39 is 11.6 Å². The van der Waals surface area contributed by atoms with Crippen LogP contribution in [0, 0.1) is 11.6 Å². The van der Waals surface area contributed by atoms with E-state index in [1.165, 1.54) is 12.1 Å². The van der Waals surface area contributed by atoms with Crippen LogP contribution in [-0.2, 0) is 24.9 Å². The van der Waals surface area contributed by atoms with Gasteiger partial charge in [0.1, 0.15) is 17.5 Å². The van der Waals surface area contributed by atoms with Crippen molar-refractivity contribution in [2.45, 2.75) is 45.7 Å². The molecule has 1 aromatic heterocycles. The predicted octanol–water partition coefficient (Wildman–Crippen LogP) is 2.90. The average molecular weight is 333 g/mol. The number of nitrogens with zero attached hydrogens (tertiary/aromatic N) is 2. The van der Waals surface area contributed by atoms with Gasteiger partial charge in [0.2, 0.25) is 0 Å². The number of rotatable bonds is 2. The number of halogens is 2. The maximum Gasteiger partial charge on any atom is 0.254 e. The Labute approximate surface area is 139 Å². The molecule has 0 atom stereocenters. The van der Waals surface area contributed by atoms with Crippen molar-refractivity contribution in [3.63, 3.8) is 0 Å². The smallest absolute Gasteiger partial charge is 0.254 e. The van der Waals surface area contributed by atoms with Crippen molar-refractivity contribution in [1.82, 2.24) is 14.9 Å². The van der Waals surface area contributed by atoms with Crippen molar-refractivity contribution in [3.8, 4) is 0 Å². The lowest BCUT2D eigenvalue weighted by Gasteiger charge is -2.29. The summed E-state index contributed by atoms with van der Waals surface area (Å²) in [6.45, 7) is 7.47. The van der Waals surface area contributed by atoms with Crippen molar-refractivity contribution in [3.05, 3.63) is 62.8 Å². The highest BCUT2D eigenvalue weighted by Gasteiger charge is 2.25. The normalized spacial score (nSPS) is 15.4. The van der Waals surface area contributed by atoms with Gasteiger partial charge in [-0.15, -0.1) is 0 Å². The summed E-state index contributed by atoms with van der Waals surface area (Å²) in [6.07, 6.45) is 0.574. The Bertz CT molecular complexity index is 824. The largest absolute Gasteiger partial charge is 0.310 e. The summed E-state index contributed by atoms with van der Waals surface area (Å²) >= 11 is 0. The molecule has 2 heterocycles. The molecule has 0 saturated carbocycles. The molecular weight excluding hydrogens is 312 g/mol. The van der Waals surface area contributed by atoms with Crippen LogP contribution in [0.4, 0.5) is 8.78 Å². The number of benzene rings is 1. The lowest BCUT2D eigenvalue weighted by atomic mass is 9.95. The molecule has 4 nitrogen and oxygen atoms in total. The van der Waals surface area contributed by atoms with Gasteiger partial charge in [-0.25, -0.2) is 13.8 Å². The lowest BCUT2D eigenvalue weighted by Crippen LogP contribution is -2.36. The first kappa shape index (κ1) is 16.8. The van der Waals surface area contributed by atoms with Crippen molar-refractivity contribution in [1.29, 1.82) is 0 Å². The van der Waals surface area contributed by atoms with E-state index in [9.17, 15) is 13.6 Å². The van der Waals surface area contributed by atoms with E-state index in [0.29, 0.717) is 43.0 Å². The maximum atomic E-state index is 13.8. The highest BCUT2D eigenvalue weighted by molar-refractivity contribution is 5.24.